The van der Waals surface area contributed by atoms with Gasteiger partial charge >= 0.3 is 0 Å². The van der Waals surface area contributed by atoms with Crippen LogP contribution in [0.2, 0.25) is 0 Å². The molecule has 1 heterocycles. The van der Waals surface area contributed by atoms with E-state index in [1.165, 1.54) is 0 Å². The fourth-order valence-electron chi connectivity index (χ4n) is 1.61. The Labute approximate surface area is 96.8 Å². The smallest absolute Gasteiger partial charge is 0.152 e. The van der Waals surface area contributed by atoms with Crippen LogP contribution >= 0.6 is 0 Å². The third-order valence-corrected chi connectivity index (χ3v) is 2.73. The van der Waals surface area contributed by atoms with Crippen molar-refractivity contribution in [2.45, 2.75) is 33.2 Å². The molecule has 1 rings (SSSR count). The van der Waals surface area contributed by atoms with Crippen LogP contribution in [0.3, 0.4) is 0 Å². The highest BCUT2D eigenvalue weighted by Gasteiger charge is 2.07. The summed E-state index contributed by atoms with van der Waals surface area (Å²) in [7, 11) is 0. The van der Waals surface area contributed by atoms with Crippen molar-refractivity contribution in [3.8, 4) is 0 Å². The van der Waals surface area contributed by atoms with Crippen LogP contribution in [0.4, 0.5) is 0 Å². The quantitative estimate of drug-likeness (QED) is 0.670. The number of likely N-dealkylation sites (N-methyl/N-ethyl adjacent to an activating group) is 1. The molecule has 0 fully saturated rings. The summed E-state index contributed by atoms with van der Waals surface area (Å²) in [4.78, 5) is 2.36. The Bertz CT molecular complexity index is 281. The van der Waals surface area contributed by atoms with Gasteiger partial charge in [-0.25, -0.2) is 4.68 Å². The molecule has 1 aromatic rings. The van der Waals surface area contributed by atoms with E-state index >= 15 is 0 Å². The Morgan fingerprint density at radius 1 is 1.31 bits per heavy atom. The lowest BCUT2D eigenvalue weighted by Gasteiger charge is -2.17. The maximum Gasteiger partial charge on any atom is 0.152 e. The van der Waals surface area contributed by atoms with Gasteiger partial charge in [-0.05, 0) is 36.5 Å². The van der Waals surface area contributed by atoms with Crippen LogP contribution in [0.25, 0.3) is 0 Å². The highest BCUT2D eigenvalue weighted by atomic mass is 15.5. The maximum absolute atomic E-state index is 5.47. The molecule has 1 aromatic heterocycles. The number of hydrogen-bond donors (Lipinski definition) is 1. The molecule has 0 amide bonds. The average molecular weight is 226 g/mol. The second-order valence-corrected chi connectivity index (χ2v) is 3.74. The fraction of sp³-hybridized carbons (Fsp3) is 0.900. The van der Waals surface area contributed by atoms with Gasteiger partial charge in [-0.1, -0.05) is 13.8 Å². The predicted octanol–water partition coefficient (Wildman–Crippen LogP) is -0.0938. The summed E-state index contributed by atoms with van der Waals surface area (Å²) in [6.07, 6.45) is 1.82. The van der Waals surface area contributed by atoms with E-state index in [1.807, 2.05) is 4.68 Å². The minimum Gasteiger partial charge on any atom is -0.330 e. The van der Waals surface area contributed by atoms with Crippen LogP contribution in [0.1, 0.15) is 26.1 Å². The van der Waals surface area contributed by atoms with Crippen LogP contribution in [0, 0.1) is 0 Å². The Morgan fingerprint density at radius 2 is 2.06 bits per heavy atom. The molecule has 0 saturated carbocycles. The normalized spacial score (nSPS) is 11.2. The number of aryl methyl sites for hydroxylation is 1. The second-order valence-electron chi connectivity index (χ2n) is 3.74. The molecule has 0 unspecified atom stereocenters. The molecule has 92 valence electrons. The number of nitrogens with zero attached hydrogens (tertiary/aromatic N) is 5. The zero-order valence-electron chi connectivity index (χ0n) is 10.3. The summed E-state index contributed by atoms with van der Waals surface area (Å²) >= 11 is 0. The van der Waals surface area contributed by atoms with E-state index in [-0.39, 0.29) is 0 Å². The first-order chi connectivity index (χ1) is 7.81. The third-order valence-electron chi connectivity index (χ3n) is 2.73. The van der Waals surface area contributed by atoms with Crippen molar-refractivity contribution in [2.24, 2.45) is 5.73 Å². The topological polar surface area (TPSA) is 72.9 Å². The molecule has 2 N–H and O–H groups in total. The van der Waals surface area contributed by atoms with Gasteiger partial charge in [0.2, 0.25) is 0 Å². The summed E-state index contributed by atoms with van der Waals surface area (Å²) in [5.74, 6) is 0.959. The molecule has 0 radical (unpaired) electrons. The van der Waals surface area contributed by atoms with Crippen molar-refractivity contribution in [3.05, 3.63) is 5.82 Å². The van der Waals surface area contributed by atoms with E-state index in [1.54, 1.807) is 0 Å². The van der Waals surface area contributed by atoms with E-state index in [9.17, 15) is 0 Å². The number of rotatable bonds is 8. The fourth-order valence-corrected chi connectivity index (χ4v) is 1.61. The van der Waals surface area contributed by atoms with E-state index in [4.69, 9.17) is 5.73 Å². The first-order valence-corrected chi connectivity index (χ1v) is 5.99. The van der Waals surface area contributed by atoms with Gasteiger partial charge in [0, 0.05) is 19.5 Å². The van der Waals surface area contributed by atoms with Crippen molar-refractivity contribution in [2.75, 3.05) is 26.2 Å². The first-order valence-electron chi connectivity index (χ1n) is 5.99. The summed E-state index contributed by atoms with van der Waals surface area (Å²) in [6.45, 7) is 8.98. The minimum atomic E-state index is 0.676. The highest BCUT2D eigenvalue weighted by molar-refractivity contribution is 4.82. The number of hydrogen-bond acceptors (Lipinski definition) is 5. The van der Waals surface area contributed by atoms with Crippen molar-refractivity contribution < 1.29 is 0 Å². The number of aromatic nitrogens is 4. The van der Waals surface area contributed by atoms with E-state index in [0.717, 1.165) is 44.8 Å². The third kappa shape index (κ3) is 3.86. The molecule has 0 aliphatic rings. The van der Waals surface area contributed by atoms with Gasteiger partial charge in [-0.3, -0.25) is 0 Å². The van der Waals surface area contributed by atoms with Crippen molar-refractivity contribution in [1.82, 2.24) is 25.1 Å². The molecular formula is C10H22N6. The Morgan fingerprint density at radius 3 is 2.69 bits per heavy atom. The maximum atomic E-state index is 5.47. The molecule has 0 bridgehead atoms. The van der Waals surface area contributed by atoms with Gasteiger partial charge in [0.1, 0.15) is 0 Å². The van der Waals surface area contributed by atoms with Crippen LogP contribution in [-0.4, -0.2) is 51.3 Å². The first kappa shape index (κ1) is 13.1. The predicted molar refractivity (Wildman–Crippen MR) is 63.0 cm³/mol. The molecule has 6 heteroatoms. The van der Waals surface area contributed by atoms with Gasteiger partial charge in [-0.2, -0.15) is 0 Å². The summed E-state index contributed by atoms with van der Waals surface area (Å²) in [5, 5.41) is 11.7. The van der Waals surface area contributed by atoms with Crippen molar-refractivity contribution in [3.63, 3.8) is 0 Å². The zero-order valence-corrected chi connectivity index (χ0v) is 10.3. The lowest BCUT2D eigenvalue weighted by Crippen LogP contribution is -2.26. The molecule has 16 heavy (non-hydrogen) atoms. The summed E-state index contributed by atoms with van der Waals surface area (Å²) in [5.41, 5.74) is 5.47. The lowest BCUT2D eigenvalue weighted by molar-refractivity contribution is 0.303. The number of nitrogens with two attached hydrogens (primary N) is 1. The van der Waals surface area contributed by atoms with Crippen LogP contribution in [0.15, 0.2) is 0 Å². The van der Waals surface area contributed by atoms with Crippen LogP contribution < -0.4 is 5.73 Å². The largest absolute Gasteiger partial charge is 0.330 e. The minimum absolute atomic E-state index is 0.676. The molecule has 0 aromatic carbocycles. The van der Waals surface area contributed by atoms with Crippen molar-refractivity contribution in [1.29, 1.82) is 0 Å². The molecule has 6 nitrogen and oxygen atoms in total. The van der Waals surface area contributed by atoms with Gasteiger partial charge < -0.3 is 10.6 Å². The van der Waals surface area contributed by atoms with E-state index in [0.29, 0.717) is 6.54 Å². The number of tetrazole rings is 1. The van der Waals surface area contributed by atoms with E-state index < -0.39 is 0 Å². The Kier molecular flexibility index (Phi) is 5.95. The van der Waals surface area contributed by atoms with Crippen molar-refractivity contribution >= 4 is 0 Å². The average Bonchev–Trinajstić information content (AvgIpc) is 2.75. The molecule has 0 spiro atoms. The molecule has 0 saturated heterocycles. The monoisotopic (exact) mass is 226 g/mol. The highest BCUT2D eigenvalue weighted by Crippen LogP contribution is 1.98. The second kappa shape index (κ2) is 7.29. The van der Waals surface area contributed by atoms with Gasteiger partial charge in [0.25, 0.3) is 0 Å². The van der Waals surface area contributed by atoms with Gasteiger partial charge in [0.05, 0.1) is 0 Å². The lowest BCUT2D eigenvalue weighted by atomic mass is 10.3. The zero-order chi connectivity index (χ0) is 11.8. The standard InChI is InChI=1S/C10H22N6/c1-3-15(4-2)9-6-10-12-13-14-16(10)8-5-7-11/h3-9,11H2,1-2H3. The van der Waals surface area contributed by atoms with Crippen LogP contribution in [-0.2, 0) is 13.0 Å². The molecule has 0 aliphatic heterocycles. The molecule has 0 atom stereocenters. The van der Waals surface area contributed by atoms with E-state index in [2.05, 4.69) is 34.3 Å². The Hall–Kier alpha value is -1.01. The van der Waals surface area contributed by atoms with Gasteiger partial charge in [-0.15, -0.1) is 5.10 Å². The van der Waals surface area contributed by atoms with Gasteiger partial charge in [0.15, 0.2) is 5.82 Å². The Balaban J connectivity index is 2.43. The SMILES string of the molecule is CCN(CC)CCc1nnnn1CCCN. The van der Waals surface area contributed by atoms with Crippen LogP contribution in [0.5, 0.6) is 0 Å². The summed E-state index contributed by atoms with van der Waals surface area (Å²) in [6, 6.07) is 0. The summed E-state index contributed by atoms with van der Waals surface area (Å²) < 4.78 is 1.86. The molecule has 0 aliphatic carbocycles. The molecular weight excluding hydrogens is 204 g/mol.